The van der Waals surface area contributed by atoms with Gasteiger partial charge in [0.05, 0.1) is 28.6 Å². The molecule has 0 amide bonds. The minimum Gasteiger partial charge on any atom is -0.404 e. The summed E-state index contributed by atoms with van der Waals surface area (Å²) >= 11 is 0. The summed E-state index contributed by atoms with van der Waals surface area (Å²) in [6.07, 6.45) is 6.65. The molecule has 0 atom stereocenters. The standard InChI is InChI=1S/C16H15N5/c1-10(6-17)16-9-20-14-3-2-11(5-15(14)21-16)12-4-13(18)8-19-7-12/h2-9H,17-18H2,1H3/b10-6+. The third-order valence-corrected chi connectivity index (χ3v) is 3.29. The monoisotopic (exact) mass is 277 g/mol. The molecule has 0 bridgehead atoms. The maximum Gasteiger partial charge on any atom is 0.0900 e. The first-order valence-electron chi connectivity index (χ1n) is 6.54. The SMILES string of the molecule is C/C(=C\N)c1cnc2ccc(-c3cncc(N)c3)cc2n1. The molecule has 0 spiro atoms. The van der Waals surface area contributed by atoms with E-state index in [9.17, 15) is 0 Å². The average molecular weight is 277 g/mol. The van der Waals surface area contributed by atoms with Gasteiger partial charge in [-0.05, 0) is 42.5 Å². The Morgan fingerprint density at radius 1 is 1.05 bits per heavy atom. The van der Waals surface area contributed by atoms with E-state index in [-0.39, 0.29) is 0 Å². The Morgan fingerprint density at radius 3 is 2.67 bits per heavy atom. The second-order valence-electron chi connectivity index (χ2n) is 4.82. The lowest BCUT2D eigenvalue weighted by atomic mass is 10.1. The van der Waals surface area contributed by atoms with Gasteiger partial charge >= 0.3 is 0 Å². The van der Waals surface area contributed by atoms with Crippen molar-refractivity contribution >= 4 is 22.3 Å². The van der Waals surface area contributed by atoms with Crippen LogP contribution in [0.3, 0.4) is 0 Å². The molecule has 0 radical (unpaired) electrons. The molecule has 3 rings (SSSR count). The molecule has 0 aliphatic carbocycles. The van der Waals surface area contributed by atoms with Gasteiger partial charge in [-0.3, -0.25) is 9.97 Å². The molecule has 21 heavy (non-hydrogen) atoms. The molecule has 104 valence electrons. The van der Waals surface area contributed by atoms with Gasteiger partial charge in [-0.25, -0.2) is 4.98 Å². The van der Waals surface area contributed by atoms with E-state index in [2.05, 4.69) is 15.0 Å². The largest absolute Gasteiger partial charge is 0.404 e. The quantitative estimate of drug-likeness (QED) is 0.751. The Labute approximate surface area is 122 Å². The van der Waals surface area contributed by atoms with Crippen LogP contribution in [0.2, 0.25) is 0 Å². The molecule has 1 aromatic carbocycles. The zero-order valence-electron chi connectivity index (χ0n) is 11.6. The first-order valence-corrected chi connectivity index (χ1v) is 6.54. The number of benzene rings is 1. The van der Waals surface area contributed by atoms with Crippen molar-refractivity contribution in [2.24, 2.45) is 5.73 Å². The topological polar surface area (TPSA) is 90.7 Å². The predicted octanol–water partition coefficient (Wildman–Crippen LogP) is 2.59. The number of pyridine rings is 1. The van der Waals surface area contributed by atoms with Gasteiger partial charge in [0.2, 0.25) is 0 Å². The summed E-state index contributed by atoms with van der Waals surface area (Å²) in [6.45, 7) is 1.90. The minimum atomic E-state index is 0.634. The van der Waals surface area contributed by atoms with Crippen molar-refractivity contribution < 1.29 is 0 Å². The van der Waals surface area contributed by atoms with Crippen LogP contribution in [-0.4, -0.2) is 15.0 Å². The van der Waals surface area contributed by atoms with E-state index in [1.807, 2.05) is 31.2 Å². The number of aromatic nitrogens is 3. The fourth-order valence-corrected chi connectivity index (χ4v) is 2.08. The third-order valence-electron chi connectivity index (χ3n) is 3.29. The van der Waals surface area contributed by atoms with E-state index in [1.54, 1.807) is 18.6 Å². The Kier molecular flexibility index (Phi) is 3.23. The number of rotatable bonds is 2. The lowest BCUT2D eigenvalue weighted by Crippen LogP contribution is -1.93. The maximum absolute atomic E-state index is 5.78. The number of allylic oxidation sites excluding steroid dienone is 1. The highest BCUT2D eigenvalue weighted by atomic mass is 14.8. The molecule has 5 nitrogen and oxygen atoms in total. The Morgan fingerprint density at radius 2 is 1.90 bits per heavy atom. The summed E-state index contributed by atoms with van der Waals surface area (Å²) in [6, 6.07) is 7.79. The fraction of sp³-hybridized carbons (Fsp3) is 0.0625. The van der Waals surface area contributed by atoms with Crippen molar-refractivity contribution in [3.63, 3.8) is 0 Å². The second kappa shape index (κ2) is 5.20. The predicted molar refractivity (Wildman–Crippen MR) is 85.0 cm³/mol. The van der Waals surface area contributed by atoms with Crippen LogP contribution in [0, 0.1) is 0 Å². The van der Waals surface area contributed by atoms with E-state index < -0.39 is 0 Å². The lowest BCUT2D eigenvalue weighted by molar-refractivity contribution is 1.24. The summed E-state index contributed by atoms with van der Waals surface area (Å²) in [7, 11) is 0. The van der Waals surface area contributed by atoms with Crippen molar-refractivity contribution in [2.75, 3.05) is 5.73 Å². The van der Waals surface area contributed by atoms with Crippen LogP contribution >= 0.6 is 0 Å². The summed E-state index contributed by atoms with van der Waals surface area (Å²) in [5.74, 6) is 0. The number of hydrogen-bond acceptors (Lipinski definition) is 5. The highest BCUT2D eigenvalue weighted by Gasteiger charge is 2.05. The molecule has 2 heterocycles. The van der Waals surface area contributed by atoms with Crippen LogP contribution < -0.4 is 11.5 Å². The number of anilines is 1. The van der Waals surface area contributed by atoms with Crippen molar-refractivity contribution in [3.8, 4) is 11.1 Å². The fourth-order valence-electron chi connectivity index (χ4n) is 2.08. The normalized spacial score (nSPS) is 11.8. The lowest BCUT2D eigenvalue weighted by Gasteiger charge is -2.06. The Hall–Kier alpha value is -2.95. The maximum atomic E-state index is 5.78. The highest BCUT2D eigenvalue weighted by molar-refractivity contribution is 5.82. The van der Waals surface area contributed by atoms with Crippen molar-refractivity contribution in [2.45, 2.75) is 6.92 Å². The van der Waals surface area contributed by atoms with E-state index in [1.165, 1.54) is 6.20 Å². The van der Waals surface area contributed by atoms with Gasteiger partial charge in [0.15, 0.2) is 0 Å². The number of nitrogens with zero attached hydrogens (tertiary/aromatic N) is 3. The first kappa shape index (κ1) is 13.1. The van der Waals surface area contributed by atoms with Crippen LogP contribution in [0.1, 0.15) is 12.6 Å². The number of nitrogens with two attached hydrogens (primary N) is 2. The molecule has 0 aliphatic heterocycles. The van der Waals surface area contributed by atoms with Gasteiger partial charge in [-0.15, -0.1) is 0 Å². The van der Waals surface area contributed by atoms with Gasteiger partial charge in [0.1, 0.15) is 0 Å². The van der Waals surface area contributed by atoms with Crippen molar-refractivity contribution in [3.05, 3.63) is 54.7 Å². The van der Waals surface area contributed by atoms with Gasteiger partial charge < -0.3 is 11.5 Å². The van der Waals surface area contributed by atoms with Crippen molar-refractivity contribution in [1.29, 1.82) is 0 Å². The number of fused-ring (bicyclic) bond motifs is 1. The first-order chi connectivity index (χ1) is 10.2. The van der Waals surface area contributed by atoms with E-state index in [4.69, 9.17) is 11.5 Å². The highest BCUT2D eigenvalue weighted by Crippen LogP contribution is 2.24. The smallest absolute Gasteiger partial charge is 0.0900 e. The van der Waals surface area contributed by atoms with Crippen LogP contribution in [-0.2, 0) is 0 Å². The van der Waals surface area contributed by atoms with E-state index in [0.29, 0.717) is 5.69 Å². The van der Waals surface area contributed by atoms with Gasteiger partial charge in [-0.1, -0.05) is 6.07 Å². The van der Waals surface area contributed by atoms with Crippen LogP contribution in [0.25, 0.3) is 27.7 Å². The molecule has 0 fully saturated rings. The van der Waals surface area contributed by atoms with Gasteiger partial charge in [0, 0.05) is 18.0 Å². The zero-order chi connectivity index (χ0) is 14.8. The molecule has 0 saturated carbocycles. The molecule has 0 aliphatic rings. The molecule has 0 unspecified atom stereocenters. The van der Waals surface area contributed by atoms with Crippen molar-refractivity contribution in [1.82, 2.24) is 15.0 Å². The van der Waals surface area contributed by atoms with Gasteiger partial charge in [-0.2, -0.15) is 0 Å². The summed E-state index contributed by atoms with van der Waals surface area (Å²) < 4.78 is 0. The average Bonchev–Trinajstić information content (AvgIpc) is 2.53. The molecule has 3 aromatic rings. The number of hydrogen-bond donors (Lipinski definition) is 2. The number of nitrogen functional groups attached to an aromatic ring is 1. The molecule has 4 N–H and O–H groups in total. The molecular weight excluding hydrogens is 262 g/mol. The molecule has 2 aromatic heterocycles. The third kappa shape index (κ3) is 2.53. The molecule has 0 saturated heterocycles. The summed E-state index contributed by atoms with van der Waals surface area (Å²) in [4.78, 5) is 13.1. The van der Waals surface area contributed by atoms with E-state index in [0.717, 1.165) is 33.4 Å². The molecule has 5 heteroatoms. The van der Waals surface area contributed by atoms with Crippen LogP contribution in [0.4, 0.5) is 5.69 Å². The molecular formula is C16H15N5. The van der Waals surface area contributed by atoms with E-state index >= 15 is 0 Å². The Balaban J connectivity index is 2.14. The second-order valence-corrected chi connectivity index (χ2v) is 4.82. The summed E-state index contributed by atoms with van der Waals surface area (Å²) in [5, 5.41) is 0. The minimum absolute atomic E-state index is 0.634. The van der Waals surface area contributed by atoms with Gasteiger partial charge in [0.25, 0.3) is 0 Å². The van der Waals surface area contributed by atoms with Crippen LogP contribution in [0.15, 0.2) is 49.1 Å². The Bertz CT molecular complexity index is 839. The summed E-state index contributed by atoms with van der Waals surface area (Å²) in [5.41, 5.74) is 17.2. The zero-order valence-corrected chi connectivity index (χ0v) is 11.6. The van der Waals surface area contributed by atoms with Crippen LogP contribution in [0.5, 0.6) is 0 Å².